The molecule has 21 heavy (non-hydrogen) atoms. The summed E-state index contributed by atoms with van der Waals surface area (Å²) in [6.07, 6.45) is 1.56. The highest BCUT2D eigenvalue weighted by molar-refractivity contribution is 7.89. The van der Waals surface area contributed by atoms with E-state index in [4.69, 9.17) is 10.8 Å². The number of hydrogen-bond acceptors (Lipinski definition) is 5. The molecule has 0 spiro atoms. The van der Waals surface area contributed by atoms with Gasteiger partial charge in [-0.25, -0.2) is 17.9 Å². The number of anilines is 1. The van der Waals surface area contributed by atoms with Crippen molar-refractivity contribution < 1.29 is 18.3 Å². The van der Waals surface area contributed by atoms with Crippen molar-refractivity contribution in [2.24, 2.45) is 0 Å². The molecule has 7 nitrogen and oxygen atoms in total. The third-order valence-electron chi connectivity index (χ3n) is 2.72. The van der Waals surface area contributed by atoms with Crippen LogP contribution in [-0.4, -0.2) is 24.5 Å². The van der Waals surface area contributed by atoms with Crippen molar-refractivity contribution >= 4 is 21.7 Å². The van der Waals surface area contributed by atoms with Crippen molar-refractivity contribution in [3.05, 3.63) is 53.9 Å². The Morgan fingerprint density at radius 1 is 1.29 bits per heavy atom. The zero-order valence-corrected chi connectivity index (χ0v) is 11.7. The van der Waals surface area contributed by atoms with Gasteiger partial charge in [-0.3, -0.25) is 4.98 Å². The first-order valence-corrected chi connectivity index (χ1v) is 7.41. The number of nitrogens with one attached hydrogen (secondary N) is 1. The van der Waals surface area contributed by atoms with Crippen molar-refractivity contribution in [1.82, 2.24) is 9.71 Å². The van der Waals surface area contributed by atoms with Gasteiger partial charge in [0.15, 0.2) is 0 Å². The molecule has 0 saturated heterocycles. The zero-order chi connectivity index (χ0) is 15.5. The summed E-state index contributed by atoms with van der Waals surface area (Å²) in [4.78, 5) is 14.6. The monoisotopic (exact) mass is 307 g/mol. The van der Waals surface area contributed by atoms with Gasteiger partial charge in [-0.1, -0.05) is 6.07 Å². The summed E-state index contributed by atoms with van der Waals surface area (Å²) >= 11 is 0. The van der Waals surface area contributed by atoms with Gasteiger partial charge in [0, 0.05) is 6.20 Å². The number of rotatable bonds is 5. The number of nitrogens with zero attached hydrogens (tertiary/aromatic N) is 1. The molecule has 0 unspecified atom stereocenters. The van der Waals surface area contributed by atoms with E-state index in [1.807, 2.05) is 0 Å². The lowest BCUT2D eigenvalue weighted by atomic mass is 10.2. The van der Waals surface area contributed by atoms with Crippen molar-refractivity contribution in [2.75, 3.05) is 5.73 Å². The number of hydrogen-bond donors (Lipinski definition) is 3. The Bertz CT molecular complexity index is 760. The van der Waals surface area contributed by atoms with Crippen LogP contribution in [-0.2, 0) is 16.6 Å². The summed E-state index contributed by atoms with van der Waals surface area (Å²) in [7, 11) is -3.84. The Balaban J connectivity index is 2.22. The molecule has 0 radical (unpaired) electrons. The molecule has 4 N–H and O–H groups in total. The molecule has 0 amide bonds. The highest BCUT2D eigenvalue weighted by Gasteiger charge is 2.18. The lowest BCUT2D eigenvalue weighted by Crippen LogP contribution is -2.24. The maximum atomic E-state index is 12.1. The van der Waals surface area contributed by atoms with E-state index >= 15 is 0 Å². The molecule has 1 aromatic heterocycles. The topological polar surface area (TPSA) is 122 Å². The van der Waals surface area contributed by atoms with Crippen LogP contribution >= 0.6 is 0 Å². The predicted molar refractivity (Wildman–Crippen MR) is 76.1 cm³/mol. The van der Waals surface area contributed by atoms with Crippen molar-refractivity contribution in [2.45, 2.75) is 11.4 Å². The fourth-order valence-electron chi connectivity index (χ4n) is 1.68. The van der Waals surface area contributed by atoms with Crippen LogP contribution in [0.3, 0.4) is 0 Å². The van der Waals surface area contributed by atoms with Crippen LogP contribution in [0, 0.1) is 0 Å². The Kier molecular flexibility index (Phi) is 4.20. The molecule has 1 aromatic carbocycles. The fourth-order valence-corrected chi connectivity index (χ4v) is 2.79. The summed E-state index contributed by atoms with van der Waals surface area (Å²) in [5, 5.41) is 8.83. The van der Waals surface area contributed by atoms with E-state index in [2.05, 4.69) is 9.71 Å². The first-order valence-electron chi connectivity index (χ1n) is 5.92. The molecule has 0 bridgehead atoms. The Morgan fingerprint density at radius 3 is 2.62 bits per heavy atom. The summed E-state index contributed by atoms with van der Waals surface area (Å²) < 4.78 is 26.6. The van der Waals surface area contributed by atoms with Gasteiger partial charge >= 0.3 is 5.97 Å². The number of benzene rings is 1. The minimum Gasteiger partial charge on any atom is -0.478 e. The smallest absolute Gasteiger partial charge is 0.335 e. The first-order chi connectivity index (χ1) is 9.90. The lowest BCUT2D eigenvalue weighted by Gasteiger charge is -2.09. The van der Waals surface area contributed by atoms with E-state index in [0.717, 1.165) is 6.07 Å². The number of pyridine rings is 1. The van der Waals surface area contributed by atoms with Gasteiger partial charge in [-0.2, -0.15) is 0 Å². The van der Waals surface area contributed by atoms with Gasteiger partial charge < -0.3 is 10.8 Å². The molecule has 0 saturated carbocycles. The summed E-state index contributed by atoms with van der Waals surface area (Å²) in [6, 6.07) is 8.61. The van der Waals surface area contributed by atoms with Gasteiger partial charge in [0.1, 0.15) is 4.90 Å². The van der Waals surface area contributed by atoms with Crippen LogP contribution in [0.15, 0.2) is 47.5 Å². The number of carbonyl (C=O) groups is 1. The van der Waals surface area contributed by atoms with Gasteiger partial charge in [-0.05, 0) is 30.3 Å². The second kappa shape index (κ2) is 5.90. The van der Waals surface area contributed by atoms with Crippen LogP contribution in [0.2, 0.25) is 0 Å². The molecule has 2 aromatic rings. The molecule has 8 heteroatoms. The number of carboxylic acid groups (broad SMARTS) is 1. The van der Waals surface area contributed by atoms with Crippen LogP contribution in [0.25, 0.3) is 0 Å². The van der Waals surface area contributed by atoms with Gasteiger partial charge in [0.05, 0.1) is 23.5 Å². The molecule has 1 heterocycles. The van der Waals surface area contributed by atoms with Gasteiger partial charge in [0.2, 0.25) is 10.0 Å². The molecule has 110 valence electrons. The van der Waals surface area contributed by atoms with Crippen LogP contribution in [0.4, 0.5) is 5.69 Å². The van der Waals surface area contributed by atoms with Crippen molar-refractivity contribution in [3.63, 3.8) is 0 Å². The maximum Gasteiger partial charge on any atom is 0.335 e. The van der Waals surface area contributed by atoms with E-state index in [0.29, 0.717) is 5.69 Å². The van der Waals surface area contributed by atoms with Gasteiger partial charge in [-0.15, -0.1) is 0 Å². The molecule has 0 aliphatic carbocycles. The number of nitrogen functional groups attached to an aromatic ring is 1. The van der Waals surface area contributed by atoms with Crippen LogP contribution < -0.4 is 10.5 Å². The number of nitrogens with two attached hydrogens (primary N) is 1. The third-order valence-corrected chi connectivity index (χ3v) is 4.19. The summed E-state index contributed by atoms with van der Waals surface area (Å²) in [5.41, 5.74) is 5.98. The Labute approximate surface area is 121 Å². The molecule has 0 aliphatic heterocycles. The minimum absolute atomic E-state index is 0.0172. The van der Waals surface area contributed by atoms with E-state index in [1.54, 1.807) is 24.4 Å². The largest absolute Gasteiger partial charge is 0.478 e. The molecule has 2 rings (SSSR count). The number of aromatic nitrogens is 1. The third kappa shape index (κ3) is 3.56. The van der Waals surface area contributed by atoms with Crippen molar-refractivity contribution in [1.29, 1.82) is 0 Å². The fraction of sp³-hybridized carbons (Fsp3) is 0.0769. The Hall–Kier alpha value is -2.45. The highest BCUT2D eigenvalue weighted by atomic mass is 32.2. The standard InChI is InChI=1S/C13H13N3O4S/c14-11-7-9(13(17)18)4-5-12(11)21(19,20)16-8-10-3-1-2-6-15-10/h1-7,16H,8,14H2,(H,17,18). The summed E-state index contributed by atoms with van der Waals surface area (Å²) in [6.45, 7) is 0.0172. The molecule has 0 aliphatic rings. The second-order valence-electron chi connectivity index (χ2n) is 4.20. The lowest BCUT2D eigenvalue weighted by molar-refractivity contribution is 0.0697. The van der Waals surface area contributed by atoms with E-state index < -0.39 is 16.0 Å². The average molecular weight is 307 g/mol. The average Bonchev–Trinajstić information content (AvgIpc) is 2.46. The maximum absolute atomic E-state index is 12.1. The number of carboxylic acids is 1. The molecule has 0 atom stereocenters. The summed E-state index contributed by atoms with van der Waals surface area (Å²) in [5.74, 6) is -1.17. The highest BCUT2D eigenvalue weighted by Crippen LogP contribution is 2.20. The first kappa shape index (κ1) is 14.9. The second-order valence-corrected chi connectivity index (χ2v) is 5.94. The van der Waals surface area contributed by atoms with Crippen LogP contribution in [0.5, 0.6) is 0 Å². The molecular weight excluding hydrogens is 294 g/mol. The van der Waals surface area contributed by atoms with E-state index in [1.165, 1.54) is 12.1 Å². The van der Waals surface area contributed by atoms with E-state index in [9.17, 15) is 13.2 Å². The Morgan fingerprint density at radius 2 is 2.05 bits per heavy atom. The predicted octanol–water partition coefficient (Wildman–Crippen LogP) is 0.840. The number of aromatic carboxylic acids is 1. The number of sulfonamides is 1. The quantitative estimate of drug-likeness (QED) is 0.703. The zero-order valence-electron chi connectivity index (χ0n) is 10.9. The molecular formula is C13H13N3O4S. The normalized spacial score (nSPS) is 11.2. The molecule has 0 fully saturated rings. The minimum atomic E-state index is -3.84. The van der Waals surface area contributed by atoms with Crippen LogP contribution in [0.1, 0.15) is 16.1 Å². The van der Waals surface area contributed by atoms with Crippen molar-refractivity contribution in [3.8, 4) is 0 Å². The van der Waals surface area contributed by atoms with E-state index in [-0.39, 0.29) is 22.7 Å². The SMILES string of the molecule is Nc1cc(C(=O)O)ccc1S(=O)(=O)NCc1ccccn1. The van der Waals surface area contributed by atoms with Gasteiger partial charge in [0.25, 0.3) is 0 Å².